The zero-order valence-electron chi connectivity index (χ0n) is 7.40. The molecule has 0 radical (unpaired) electrons. The topological polar surface area (TPSA) is 0 Å². The lowest BCUT2D eigenvalue weighted by Crippen LogP contribution is -1.94. The molecular formula is C11H10F2. The maximum absolute atomic E-state index is 13.0. The summed E-state index contributed by atoms with van der Waals surface area (Å²) in [5.74, 6) is 4.47. The highest BCUT2D eigenvalue weighted by atomic mass is 19.1. The van der Waals surface area contributed by atoms with Crippen molar-refractivity contribution in [3.63, 3.8) is 0 Å². The largest absolute Gasteiger partial charge is 0.207 e. The Balaban J connectivity index is 2.79. The van der Waals surface area contributed by atoms with E-state index in [0.717, 1.165) is 0 Å². The summed E-state index contributed by atoms with van der Waals surface area (Å²) < 4.78 is 26.0. The molecule has 13 heavy (non-hydrogen) atoms. The third-order valence-electron chi connectivity index (χ3n) is 1.74. The zero-order valence-corrected chi connectivity index (χ0v) is 7.40. The molecule has 0 amide bonds. The Bertz CT molecular complexity index is 325. The van der Waals surface area contributed by atoms with Gasteiger partial charge in [-0.3, -0.25) is 0 Å². The van der Waals surface area contributed by atoms with Crippen molar-refractivity contribution in [2.45, 2.75) is 19.8 Å². The number of halogens is 2. The van der Waals surface area contributed by atoms with E-state index in [1.54, 1.807) is 6.92 Å². The maximum atomic E-state index is 13.0. The van der Waals surface area contributed by atoms with Gasteiger partial charge < -0.3 is 0 Å². The first-order valence-electron chi connectivity index (χ1n) is 4.08. The molecule has 0 saturated heterocycles. The molecule has 0 aliphatic carbocycles. The average molecular weight is 180 g/mol. The molecule has 1 aromatic carbocycles. The van der Waals surface area contributed by atoms with Gasteiger partial charge in [0, 0.05) is 12.0 Å². The molecular weight excluding hydrogens is 170 g/mol. The van der Waals surface area contributed by atoms with Gasteiger partial charge in [0.2, 0.25) is 0 Å². The van der Waals surface area contributed by atoms with Crippen LogP contribution in [-0.2, 0) is 6.42 Å². The van der Waals surface area contributed by atoms with E-state index in [0.29, 0.717) is 12.8 Å². The fourth-order valence-corrected chi connectivity index (χ4v) is 1.08. The van der Waals surface area contributed by atoms with Gasteiger partial charge in [-0.15, -0.1) is 11.8 Å². The second kappa shape index (κ2) is 4.61. The van der Waals surface area contributed by atoms with Crippen LogP contribution in [0.3, 0.4) is 0 Å². The normalized spacial score (nSPS) is 9.15. The van der Waals surface area contributed by atoms with Crippen LogP contribution < -0.4 is 0 Å². The van der Waals surface area contributed by atoms with E-state index in [9.17, 15) is 8.78 Å². The van der Waals surface area contributed by atoms with E-state index in [2.05, 4.69) is 11.8 Å². The molecule has 0 aliphatic heterocycles. The molecule has 0 aliphatic rings. The fraction of sp³-hybridized carbons (Fsp3) is 0.273. The van der Waals surface area contributed by atoms with E-state index in [1.807, 2.05) is 0 Å². The minimum Gasteiger partial charge on any atom is -0.207 e. The molecule has 1 aromatic rings. The van der Waals surface area contributed by atoms with Gasteiger partial charge in [-0.25, -0.2) is 8.78 Å². The standard InChI is InChI=1S/C11H10F2/c1-2-3-4-6-9-10(12)7-5-8-11(9)13/h5,7-8H,4,6H2,1H3. The second-order valence-electron chi connectivity index (χ2n) is 2.63. The third kappa shape index (κ3) is 2.55. The highest BCUT2D eigenvalue weighted by Crippen LogP contribution is 2.13. The van der Waals surface area contributed by atoms with Crippen molar-refractivity contribution < 1.29 is 8.78 Å². The Labute approximate surface area is 76.6 Å². The summed E-state index contributed by atoms with van der Waals surface area (Å²) >= 11 is 0. The van der Waals surface area contributed by atoms with Gasteiger partial charge in [-0.2, -0.15) is 0 Å². The molecule has 0 unspecified atom stereocenters. The molecule has 0 heterocycles. The maximum Gasteiger partial charge on any atom is 0.129 e. The molecule has 2 heteroatoms. The average Bonchev–Trinajstić information content (AvgIpc) is 2.10. The number of benzene rings is 1. The first-order chi connectivity index (χ1) is 6.25. The Morgan fingerprint density at radius 3 is 2.38 bits per heavy atom. The number of hydrogen-bond acceptors (Lipinski definition) is 0. The molecule has 1 rings (SSSR count). The lowest BCUT2D eigenvalue weighted by atomic mass is 10.1. The van der Waals surface area contributed by atoms with Crippen LogP contribution in [0.15, 0.2) is 18.2 Å². The molecule has 0 saturated carbocycles. The van der Waals surface area contributed by atoms with Gasteiger partial charge in [-0.05, 0) is 25.5 Å². The highest BCUT2D eigenvalue weighted by Gasteiger charge is 2.06. The van der Waals surface area contributed by atoms with Crippen LogP contribution in [0, 0.1) is 23.5 Å². The molecule has 0 spiro atoms. The Morgan fingerprint density at radius 2 is 1.85 bits per heavy atom. The van der Waals surface area contributed by atoms with E-state index < -0.39 is 11.6 Å². The van der Waals surface area contributed by atoms with Crippen molar-refractivity contribution in [2.24, 2.45) is 0 Å². The van der Waals surface area contributed by atoms with Crippen molar-refractivity contribution in [1.82, 2.24) is 0 Å². The predicted molar refractivity (Wildman–Crippen MR) is 48.1 cm³/mol. The Morgan fingerprint density at radius 1 is 1.23 bits per heavy atom. The molecule has 0 fully saturated rings. The lowest BCUT2D eigenvalue weighted by molar-refractivity contribution is 0.556. The third-order valence-corrected chi connectivity index (χ3v) is 1.74. The van der Waals surface area contributed by atoms with Crippen molar-refractivity contribution in [3.05, 3.63) is 35.4 Å². The van der Waals surface area contributed by atoms with Crippen molar-refractivity contribution in [1.29, 1.82) is 0 Å². The van der Waals surface area contributed by atoms with Crippen LogP contribution >= 0.6 is 0 Å². The number of rotatable bonds is 2. The summed E-state index contributed by atoms with van der Waals surface area (Å²) in [6.45, 7) is 1.71. The lowest BCUT2D eigenvalue weighted by Gasteiger charge is -2.00. The van der Waals surface area contributed by atoms with Gasteiger partial charge in [0.15, 0.2) is 0 Å². The summed E-state index contributed by atoms with van der Waals surface area (Å²) in [5, 5.41) is 0. The van der Waals surface area contributed by atoms with Crippen molar-refractivity contribution in [2.75, 3.05) is 0 Å². The van der Waals surface area contributed by atoms with E-state index in [-0.39, 0.29) is 5.56 Å². The molecule has 0 bridgehead atoms. The Kier molecular flexibility index (Phi) is 3.45. The van der Waals surface area contributed by atoms with Crippen LogP contribution in [0.1, 0.15) is 18.9 Å². The first kappa shape index (κ1) is 9.73. The van der Waals surface area contributed by atoms with Crippen LogP contribution in [0.2, 0.25) is 0 Å². The fourth-order valence-electron chi connectivity index (χ4n) is 1.08. The van der Waals surface area contributed by atoms with Gasteiger partial charge in [0.05, 0.1) is 0 Å². The summed E-state index contributed by atoms with van der Waals surface area (Å²) in [4.78, 5) is 0. The highest BCUT2D eigenvalue weighted by molar-refractivity contribution is 5.20. The summed E-state index contributed by atoms with van der Waals surface area (Å²) in [6, 6.07) is 3.88. The molecule has 0 atom stereocenters. The van der Waals surface area contributed by atoms with E-state index in [1.165, 1.54) is 18.2 Å². The number of hydrogen-bond donors (Lipinski definition) is 0. The Hall–Kier alpha value is -1.36. The molecule has 0 nitrogen and oxygen atoms in total. The second-order valence-corrected chi connectivity index (χ2v) is 2.63. The van der Waals surface area contributed by atoms with Crippen molar-refractivity contribution >= 4 is 0 Å². The van der Waals surface area contributed by atoms with Gasteiger partial charge in [-0.1, -0.05) is 6.07 Å². The summed E-state index contributed by atoms with van der Waals surface area (Å²) in [6.07, 6.45) is 0.827. The predicted octanol–water partition coefficient (Wildman–Crippen LogP) is 2.92. The van der Waals surface area contributed by atoms with E-state index in [4.69, 9.17) is 0 Å². The van der Waals surface area contributed by atoms with Crippen LogP contribution in [0.5, 0.6) is 0 Å². The zero-order chi connectivity index (χ0) is 9.68. The van der Waals surface area contributed by atoms with Crippen LogP contribution in [0.25, 0.3) is 0 Å². The summed E-state index contributed by atoms with van der Waals surface area (Å²) in [5.41, 5.74) is 0.130. The van der Waals surface area contributed by atoms with Crippen molar-refractivity contribution in [3.8, 4) is 11.8 Å². The smallest absolute Gasteiger partial charge is 0.129 e. The quantitative estimate of drug-likeness (QED) is 0.614. The van der Waals surface area contributed by atoms with E-state index >= 15 is 0 Å². The molecule has 68 valence electrons. The molecule has 0 aromatic heterocycles. The SMILES string of the molecule is CC#CCCc1c(F)cccc1F. The van der Waals surface area contributed by atoms with Gasteiger partial charge in [0.25, 0.3) is 0 Å². The minimum absolute atomic E-state index is 0.130. The molecule has 0 N–H and O–H groups in total. The minimum atomic E-state index is -0.488. The monoisotopic (exact) mass is 180 g/mol. The summed E-state index contributed by atoms with van der Waals surface area (Å²) in [7, 11) is 0. The van der Waals surface area contributed by atoms with Gasteiger partial charge in [0.1, 0.15) is 11.6 Å². The van der Waals surface area contributed by atoms with Crippen LogP contribution in [0.4, 0.5) is 8.78 Å². The van der Waals surface area contributed by atoms with Crippen LogP contribution in [-0.4, -0.2) is 0 Å². The first-order valence-corrected chi connectivity index (χ1v) is 4.08. The van der Waals surface area contributed by atoms with Gasteiger partial charge >= 0.3 is 0 Å².